The Morgan fingerprint density at radius 2 is 1.86 bits per heavy atom. The van der Waals surface area contributed by atoms with Crippen LogP contribution in [0, 0.1) is 0 Å². The van der Waals surface area contributed by atoms with E-state index in [2.05, 4.69) is 5.32 Å². The minimum Gasteiger partial charge on any atom is -0.545 e. The van der Waals surface area contributed by atoms with Crippen molar-refractivity contribution in [2.75, 3.05) is 12.4 Å². The van der Waals surface area contributed by atoms with Gasteiger partial charge in [-0.15, -0.1) is 0 Å². The Kier molecular flexibility index (Phi) is 5.01. The van der Waals surface area contributed by atoms with E-state index in [0.717, 1.165) is 5.56 Å². The van der Waals surface area contributed by atoms with Crippen LogP contribution >= 0.6 is 11.6 Å². The molecular weight excluding hydrogens is 306 g/mol. The van der Waals surface area contributed by atoms with E-state index in [1.807, 2.05) is 0 Å². The number of carboxylic acids is 1. The molecule has 1 amide bonds. The van der Waals surface area contributed by atoms with E-state index in [-0.39, 0.29) is 28.6 Å². The Labute approximate surface area is 132 Å². The summed E-state index contributed by atoms with van der Waals surface area (Å²) in [7, 11) is 1.56. The largest absolute Gasteiger partial charge is 0.545 e. The van der Waals surface area contributed by atoms with Crippen LogP contribution in [-0.4, -0.2) is 19.0 Å². The van der Waals surface area contributed by atoms with E-state index in [1.54, 1.807) is 31.4 Å². The summed E-state index contributed by atoms with van der Waals surface area (Å²) in [5.74, 6) is -1.04. The zero-order valence-electron chi connectivity index (χ0n) is 11.8. The summed E-state index contributed by atoms with van der Waals surface area (Å²) < 4.78 is 5.04. The lowest BCUT2D eigenvalue weighted by Gasteiger charge is -2.12. The summed E-state index contributed by atoms with van der Waals surface area (Å²) in [6.45, 7) is 0. The molecule has 0 unspecified atom stereocenters. The summed E-state index contributed by atoms with van der Waals surface area (Å²) in [5, 5.41) is 13.9. The van der Waals surface area contributed by atoms with Gasteiger partial charge in [-0.2, -0.15) is 0 Å². The Morgan fingerprint density at radius 1 is 1.18 bits per heavy atom. The van der Waals surface area contributed by atoms with Crippen molar-refractivity contribution in [1.82, 2.24) is 0 Å². The van der Waals surface area contributed by atoms with Crippen LogP contribution in [0.1, 0.15) is 15.9 Å². The van der Waals surface area contributed by atoms with Gasteiger partial charge < -0.3 is 20.0 Å². The summed E-state index contributed by atoms with van der Waals surface area (Å²) >= 11 is 5.74. The number of anilines is 1. The number of ether oxygens (including phenoxy) is 1. The molecule has 0 bridgehead atoms. The SMILES string of the molecule is COc1ccc(CC(=O)Nc2ccc(Cl)cc2C(=O)[O-])cc1. The zero-order valence-corrected chi connectivity index (χ0v) is 12.5. The van der Waals surface area contributed by atoms with Gasteiger partial charge in [-0.3, -0.25) is 4.79 Å². The van der Waals surface area contributed by atoms with Gasteiger partial charge in [-0.1, -0.05) is 23.7 Å². The first-order valence-electron chi connectivity index (χ1n) is 6.43. The minimum atomic E-state index is -1.40. The average Bonchev–Trinajstić information content (AvgIpc) is 2.49. The molecule has 0 heterocycles. The van der Waals surface area contributed by atoms with E-state index in [4.69, 9.17) is 16.3 Å². The van der Waals surface area contributed by atoms with Gasteiger partial charge >= 0.3 is 0 Å². The van der Waals surface area contributed by atoms with Crippen molar-refractivity contribution in [1.29, 1.82) is 0 Å². The van der Waals surface area contributed by atoms with E-state index in [0.29, 0.717) is 5.75 Å². The van der Waals surface area contributed by atoms with Crippen molar-refractivity contribution in [3.63, 3.8) is 0 Å². The lowest BCUT2D eigenvalue weighted by Crippen LogP contribution is -2.25. The van der Waals surface area contributed by atoms with Crippen molar-refractivity contribution < 1.29 is 19.4 Å². The van der Waals surface area contributed by atoms with Crippen molar-refractivity contribution in [2.24, 2.45) is 0 Å². The third-order valence-corrected chi connectivity index (χ3v) is 3.23. The number of carbonyl (C=O) groups excluding carboxylic acids is 2. The number of aromatic carboxylic acids is 1. The van der Waals surface area contributed by atoms with E-state index in [1.165, 1.54) is 18.2 Å². The molecule has 0 saturated heterocycles. The fourth-order valence-corrected chi connectivity index (χ4v) is 2.09. The van der Waals surface area contributed by atoms with Crippen molar-refractivity contribution in [3.05, 3.63) is 58.6 Å². The molecule has 0 atom stereocenters. The molecule has 2 aromatic carbocycles. The topological polar surface area (TPSA) is 78.5 Å². The Bertz CT molecular complexity index is 698. The number of hydrogen-bond donors (Lipinski definition) is 1. The Balaban J connectivity index is 2.10. The molecule has 22 heavy (non-hydrogen) atoms. The number of nitrogens with one attached hydrogen (secondary N) is 1. The summed E-state index contributed by atoms with van der Waals surface area (Å²) in [6, 6.07) is 11.2. The second-order valence-corrected chi connectivity index (χ2v) is 4.99. The van der Waals surface area contributed by atoms with Gasteiger partial charge in [-0.25, -0.2) is 0 Å². The van der Waals surface area contributed by atoms with Gasteiger partial charge in [0, 0.05) is 16.3 Å². The molecule has 0 fully saturated rings. The molecule has 0 aliphatic carbocycles. The number of carbonyl (C=O) groups is 2. The standard InChI is InChI=1S/C16H14ClNO4/c1-22-12-5-2-10(3-6-12)8-15(19)18-14-7-4-11(17)9-13(14)16(20)21/h2-7,9H,8H2,1H3,(H,18,19)(H,20,21)/p-1. The van der Waals surface area contributed by atoms with Gasteiger partial charge in [0.1, 0.15) is 5.75 Å². The molecular formula is C16H13ClNO4-. The molecule has 0 spiro atoms. The van der Waals surface area contributed by atoms with Crippen LogP contribution in [0.25, 0.3) is 0 Å². The van der Waals surface area contributed by atoms with Gasteiger partial charge in [-0.05, 0) is 35.9 Å². The monoisotopic (exact) mass is 318 g/mol. The molecule has 2 aromatic rings. The highest BCUT2D eigenvalue weighted by atomic mass is 35.5. The Hall–Kier alpha value is -2.53. The number of rotatable bonds is 5. The number of benzene rings is 2. The summed E-state index contributed by atoms with van der Waals surface area (Å²) in [4.78, 5) is 23.1. The lowest BCUT2D eigenvalue weighted by atomic mass is 10.1. The number of methoxy groups -OCH3 is 1. The van der Waals surface area contributed by atoms with Crippen molar-refractivity contribution in [2.45, 2.75) is 6.42 Å². The van der Waals surface area contributed by atoms with Crippen LogP contribution in [-0.2, 0) is 11.2 Å². The predicted molar refractivity (Wildman–Crippen MR) is 81.1 cm³/mol. The van der Waals surface area contributed by atoms with E-state index < -0.39 is 5.97 Å². The van der Waals surface area contributed by atoms with Gasteiger partial charge in [0.15, 0.2) is 0 Å². The quantitative estimate of drug-likeness (QED) is 0.913. The van der Waals surface area contributed by atoms with Crippen molar-refractivity contribution >= 4 is 29.2 Å². The molecule has 5 nitrogen and oxygen atoms in total. The van der Waals surface area contributed by atoms with Crippen LogP contribution in [0.4, 0.5) is 5.69 Å². The highest BCUT2D eigenvalue weighted by Gasteiger charge is 2.09. The van der Waals surface area contributed by atoms with E-state index in [9.17, 15) is 14.7 Å². The predicted octanol–water partition coefficient (Wildman–Crippen LogP) is 1.89. The highest BCUT2D eigenvalue weighted by Crippen LogP contribution is 2.20. The molecule has 0 aromatic heterocycles. The van der Waals surface area contributed by atoms with Crippen LogP contribution in [0.15, 0.2) is 42.5 Å². The van der Waals surface area contributed by atoms with E-state index >= 15 is 0 Å². The average molecular weight is 319 g/mol. The molecule has 0 aliphatic rings. The van der Waals surface area contributed by atoms with Crippen LogP contribution in [0.3, 0.4) is 0 Å². The number of hydrogen-bond acceptors (Lipinski definition) is 4. The third kappa shape index (κ3) is 3.99. The van der Waals surface area contributed by atoms with Gasteiger partial charge in [0.2, 0.25) is 5.91 Å². The number of amides is 1. The number of carboxylic acid groups (broad SMARTS) is 1. The summed E-state index contributed by atoms with van der Waals surface area (Å²) in [6.07, 6.45) is 0.110. The molecule has 0 radical (unpaired) electrons. The second kappa shape index (κ2) is 6.95. The first-order valence-corrected chi connectivity index (χ1v) is 6.81. The zero-order chi connectivity index (χ0) is 16.1. The normalized spacial score (nSPS) is 10.1. The van der Waals surface area contributed by atoms with Crippen molar-refractivity contribution in [3.8, 4) is 5.75 Å². The molecule has 0 saturated carbocycles. The third-order valence-electron chi connectivity index (χ3n) is 3.00. The molecule has 1 N–H and O–H groups in total. The fraction of sp³-hybridized carbons (Fsp3) is 0.125. The first-order chi connectivity index (χ1) is 10.5. The Morgan fingerprint density at radius 3 is 2.45 bits per heavy atom. The highest BCUT2D eigenvalue weighted by molar-refractivity contribution is 6.31. The molecule has 114 valence electrons. The van der Waals surface area contributed by atoms with Crippen LogP contribution in [0.5, 0.6) is 5.75 Å². The smallest absolute Gasteiger partial charge is 0.228 e. The maximum atomic E-state index is 12.0. The van der Waals surface area contributed by atoms with Crippen LogP contribution in [0.2, 0.25) is 5.02 Å². The molecule has 2 rings (SSSR count). The van der Waals surface area contributed by atoms with Gasteiger partial charge in [0.05, 0.1) is 19.5 Å². The summed E-state index contributed by atoms with van der Waals surface area (Å²) in [5.41, 5.74) is 0.778. The van der Waals surface area contributed by atoms with Gasteiger partial charge in [0.25, 0.3) is 0 Å². The maximum Gasteiger partial charge on any atom is 0.228 e. The minimum absolute atomic E-state index is 0.110. The fourth-order valence-electron chi connectivity index (χ4n) is 1.92. The lowest BCUT2D eigenvalue weighted by molar-refractivity contribution is -0.254. The second-order valence-electron chi connectivity index (χ2n) is 4.55. The molecule has 0 aliphatic heterocycles. The van der Waals surface area contributed by atoms with Crippen LogP contribution < -0.4 is 15.2 Å². The number of halogens is 1. The first kappa shape index (κ1) is 15.9. The maximum absolute atomic E-state index is 12.0. The molecule has 6 heteroatoms.